The summed E-state index contributed by atoms with van der Waals surface area (Å²) in [5.41, 5.74) is -0.258. The molecule has 0 saturated heterocycles. The van der Waals surface area contributed by atoms with Crippen LogP contribution >= 0.6 is 0 Å². The Balaban J connectivity index is 4.44. The Kier molecular flexibility index (Phi) is 8.23. The Labute approximate surface area is 106 Å². The summed E-state index contributed by atoms with van der Waals surface area (Å²) in [4.78, 5) is 12.2. The Morgan fingerprint density at radius 3 is 2.12 bits per heavy atom. The Hall–Kier alpha value is -0.570. The number of rotatable bonds is 9. The zero-order chi connectivity index (χ0) is 13.3. The first kappa shape index (κ1) is 16.4. The number of amides is 1. The normalized spacial score (nSPS) is 14.7. The van der Waals surface area contributed by atoms with Crippen LogP contribution in [0.5, 0.6) is 0 Å². The maximum atomic E-state index is 12.2. The summed E-state index contributed by atoms with van der Waals surface area (Å²) < 4.78 is 0. The quantitative estimate of drug-likeness (QED) is 0.654. The summed E-state index contributed by atoms with van der Waals surface area (Å²) in [7, 11) is 0. The second-order valence-corrected chi connectivity index (χ2v) is 5.15. The van der Waals surface area contributed by atoms with E-state index in [2.05, 4.69) is 19.2 Å². The van der Waals surface area contributed by atoms with Crippen LogP contribution in [0.15, 0.2) is 0 Å². The van der Waals surface area contributed by atoms with Gasteiger partial charge in [0.15, 0.2) is 0 Å². The molecule has 102 valence electrons. The molecule has 0 aliphatic rings. The van der Waals surface area contributed by atoms with Crippen molar-refractivity contribution in [3.05, 3.63) is 0 Å². The van der Waals surface area contributed by atoms with E-state index in [4.69, 9.17) is 5.11 Å². The lowest BCUT2D eigenvalue weighted by Gasteiger charge is -2.31. The van der Waals surface area contributed by atoms with Crippen LogP contribution in [0.2, 0.25) is 0 Å². The molecule has 0 radical (unpaired) electrons. The molecule has 0 aliphatic heterocycles. The highest BCUT2D eigenvalue weighted by atomic mass is 16.3. The van der Waals surface area contributed by atoms with Crippen molar-refractivity contribution >= 4 is 5.91 Å². The molecule has 0 aromatic heterocycles. The fourth-order valence-corrected chi connectivity index (χ4v) is 2.08. The van der Waals surface area contributed by atoms with Gasteiger partial charge in [-0.1, -0.05) is 33.6 Å². The second-order valence-electron chi connectivity index (χ2n) is 5.15. The molecular weight excluding hydrogens is 214 g/mol. The topological polar surface area (TPSA) is 49.3 Å². The highest BCUT2D eigenvalue weighted by Crippen LogP contribution is 2.19. The van der Waals surface area contributed by atoms with Gasteiger partial charge in [-0.2, -0.15) is 0 Å². The van der Waals surface area contributed by atoms with Gasteiger partial charge in [0, 0.05) is 18.1 Å². The highest BCUT2D eigenvalue weighted by molar-refractivity contribution is 5.79. The van der Waals surface area contributed by atoms with E-state index in [1.165, 1.54) is 0 Å². The van der Waals surface area contributed by atoms with E-state index in [1.807, 2.05) is 13.8 Å². The maximum Gasteiger partial charge on any atom is 0.223 e. The number of aliphatic hydroxyl groups is 1. The van der Waals surface area contributed by atoms with Crippen LogP contribution in [0.25, 0.3) is 0 Å². The molecule has 1 amide bonds. The molecule has 2 N–H and O–H groups in total. The molecule has 0 bridgehead atoms. The van der Waals surface area contributed by atoms with E-state index < -0.39 is 0 Å². The van der Waals surface area contributed by atoms with Gasteiger partial charge in [0.05, 0.1) is 0 Å². The third-order valence-corrected chi connectivity index (χ3v) is 3.51. The molecule has 0 aliphatic carbocycles. The summed E-state index contributed by atoms with van der Waals surface area (Å²) in [6.45, 7) is 8.41. The SMILES string of the molecule is CCCC(CCC)C(=O)NC(C)(CC)CCO. The maximum absolute atomic E-state index is 12.2. The van der Waals surface area contributed by atoms with Crippen molar-refractivity contribution in [1.29, 1.82) is 0 Å². The third kappa shape index (κ3) is 6.06. The molecule has 0 aromatic rings. The molecule has 3 heteroatoms. The summed E-state index contributed by atoms with van der Waals surface area (Å²) in [6.07, 6.45) is 5.48. The van der Waals surface area contributed by atoms with E-state index in [9.17, 15) is 4.79 Å². The van der Waals surface area contributed by atoms with E-state index >= 15 is 0 Å². The van der Waals surface area contributed by atoms with Gasteiger partial charge in [-0.25, -0.2) is 0 Å². The average Bonchev–Trinajstić information content (AvgIpc) is 2.29. The van der Waals surface area contributed by atoms with Gasteiger partial charge in [0.1, 0.15) is 0 Å². The smallest absolute Gasteiger partial charge is 0.223 e. The molecule has 0 heterocycles. The molecule has 0 aromatic carbocycles. The van der Waals surface area contributed by atoms with Gasteiger partial charge >= 0.3 is 0 Å². The van der Waals surface area contributed by atoms with E-state index in [1.54, 1.807) is 0 Å². The Bertz CT molecular complexity index is 212. The van der Waals surface area contributed by atoms with Crippen molar-refractivity contribution in [2.75, 3.05) is 6.61 Å². The number of carbonyl (C=O) groups is 1. The lowest BCUT2D eigenvalue weighted by Crippen LogP contribution is -2.48. The van der Waals surface area contributed by atoms with E-state index in [0.717, 1.165) is 32.1 Å². The van der Waals surface area contributed by atoms with E-state index in [0.29, 0.717) is 6.42 Å². The van der Waals surface area contributed by atoms with Crippen LogP contribution in [0.3, 0.4) is 0 Å². The van der Waals surface area contributed by atoms with Crippen molar-refractivity contribution in [3.8, 4) is 0 Å². The van der Waals surface area contributed by atoms with Crippen molar-refractivity contribution < 1.29 is 9.90 Å². The van der Waals surface area contributed by atoms with E-state index in [-0.39, 0.29) is 24.0 Å². The minimum atomic E-state index is -0.258. The van der Waals surface area contributed by atoms with Crippen LogP contribution in [0, 0.1) is 5.92 Å². The zero-order valence-electron chi connectivity index (χ0n) is 11.9. The second kappa shape index (κ2) is 8.51. The van der Waals surface area contributed by atoms with Crippen LogP contribution < -0.4 is 5.32 Å². The number of nitrogens with one attached hydrogen (secondary N) is 1. The van der Waals surface area contributed by atoms with Crippen LogP contribution in [0.1, 0.15) is 66.2 Å². The molecule has 3 nitrogen and oxygen atoms in total. The average molecular weight is 243 g/mol. The number of hydrogen-bond donors (Lipinski definition) is 2. The minimum absolute atomic E-state index is 0.122. The van der Waals surface area contributed by atoms with Gasteiger partial charge in [0.2, 0.25) is 5.91 Å². The summed E-state index contributed by atoms with van der Waals surface area (Å²) in [5, 5.41) is 12.2. The highest BCUT2D eigenvalue weighted by Gasteiger charge is 2.26. The summed E-state index contributed by atoms with van der Waals surface area (Å²) in [5.74, 6) is 0.293. The number of aliphatic hydroxyl groups excluding tert-OH is 1. The first-order chi connectivity index (χ1) is 8.02. The monoisotopic (exact) mass is 243 g/mol. The molecular formula is C14H29NO2. The van der Waals surface area contributed by atoms with Crippen molar-refractivity contribution in [2.24, 2.45) is 5.92 Å². The van der Waals surface area contributed by atoms with Crippen LogP contribution in [-0.4, -0.2) is 23.2 Å². The van der Waals surface area contributed by atoms with Crippen molar-refractivity contribution in [3.63, 3.8) is 0 Å². The predicted octanol–water partition coefficient (Wildman–Crippen LogP) is 2.87. The fourth-order valence-electron chi connectivity index (χ4n) is 2.08. The third-order valence-electron chi connectivity index (χ3n) is 3.51. The van der Waals surface area contributed by atoms with Gasteiger partial charge in [0.25, 0.3) is 0 Å². The summed E-state index contributed by atoms with van der Waals surface area (Å²) >= 11 is 0. The van der Waals surface area contributed by atoms with Gasteiger partial charge < -0.3 is 10.4 Å². The minimum Gasteiger partial charge on any atom is -0.396 e. The zero-order valence-corrected chi connectivity index (χ0v) is 11.9. The molecule has 0 saturated carbocycles. The fraction of sp³-hybridized carbons (Fsp3) is 0.929. The van der Waals surface area contributed by atoms with Crippen molar-refractivity contribution in [1.82, 2.24) is 5.32 Å². The number of hydrogen-bond acceptors (Lipinski definition) is 2. The lowest BCUT2D eigenvalue weighted by molar-refractivity contribution is -0.127. The first-order valence-electron chi connectivity index (χ1n) is 6.95. The van der Waals surface area contributed by atoms with Gasteiger partial charge in [-0.15, -0.1) is 0 Å². The number of carbonyl (C=O) groups excluding carboxylic acids is 1. The molecule has 0 spiro atoms. The van der Waals surface area contributed by atoms with Crippen molar-refractivity contribution in [2.45, 2.75) is 71.8 Å². The Morgan fingerprint density at radius 1 is 1.24 bits per heavy atom. The van der Waals surface area contributed by atoms with Gasteiger partial charge in [-0.05, 0) is 32.6 Å². The van der Waals surface area contributed by atoms with Crippen LogP contribution in [-0.2, 0) is 4.79 Å². The molecule has 0 rings (SSSR count). The molecule has 0 fully saturated rings. The largest absolute Gasteiger partial charge is 0.396 e. The first-order valence-corrected chi connectivity index (χ1v) is 6.95. The summed E-state index contributed by atoms with van der Waals surface area (Å²) in [6, 6.07) is 0. The van der Waals surface area contributed by atoms with Crippen LogP contribution in [0.4, 0.5) is 0 Å². The molecule has 1 unspecified atom stereocenters. The van der Waals surface area contributed by atoms with Gasteiger partial charge in [-0.3, -0.25) is 4.79 Å². The predicted molar refractivity (Wildman–Crippen MR) is 71.8 cm³/mol. The standard InChI is InChI=1S/C14H29NO2/c1-5-8-12(9-6-2)13(17)15-14(4,7-3)10-11-16/h12,16H,5-11H2,1-4H3,(H,15,17). The Morgan fingerprint density at radius 2 is 1.76 bits per heavy atom. The molecule has 17 heavy (non-hydrogen) atoms. The molecule has 1 atom stereocenters. The lowest BCUT2D eigenvalue weighted by atomic mass is 9.91.